The van der Waals surface area contributed by atoms with Gasteiger partial charge in [-0.3, -0.25) is 15.0 Å². The quantitative estimate of drug-likeness (QED) is 0.537. The molecule has 0 aromatic heterocycles. The molecule has 0 aliphatic heterocycles. The van der Waals surface area contributed by atoms with E-state index in [-0.39, 0.29) is 76.3 Å². The Hall–Kier alpha value is -0.450. The Kier molecular flexibility index (Phi) is 53.0. The van der Waals surface area contributed by atoms with E-state index in [0.717, 1.165) is 6.67 Å². The lowest BCUT2D eigenvalue weighted by Crippen LogP contribution is -2.46. The highest BCUT2D eigenvalue weighted by molar-refractivity contribution is 5.82. The van der Waals surface area contributed by atoms with Crippen LogP contribution in [0.1, 0.15) is 101 Å². The van der Waals surface area contributed by atoms with Gasteiger partial charge in [-0.15, -0.1) is 0 Å². The first-order valence-electron chi connectivity index (χ1n) is 6.20. The zero-order valence-corrected chi connectivity index (χ0v) is 12.5. The van der Waals surface area contributed by atoms with Gasteiger partial charge in [-0.1, -0.05) is 59.4 Å². The average molecular weight is 372 g/mol. The molecule has 0 radical (unpaired) electrons. The first-order valence-corrected chi connectivity index (χ1v) is 6.20. The number of Topliss-reactive ketones (excluding diaryl/α,β-unsaturated/α-hetero) is 1. The van der Waals surface area contributed by atoms with E-state index in [1.165, 1.54) is 0 Å². The van der Waals surface area contributed by atoms with Gasteiger partial charge in [0.2, 0.25) is 0 Å². The van der Waals surface area contributed by atoms with Crippen molar-refractivity contribution in [3.8, 4) is 0 Å². The van der Waals surface area contributed by atoms with Crippen LogP contribution in [0.25, 0.3) is 0 Å². The number of hydrogen-bond donors (Lipinski definition) is 2. The third kappa shape index (κ3) is 45.2. The molecule has 0 aromatic rings. The summed E-state index contributed by atoms with van der Waals surface area (Å²) in [5.41, 5.74) is 0.0822. The molecule has 0 aliphatic rings. The normalized spacial score (nSPS) is 8.96. The largest absolute Gasteiger partial charge is 0.305 e. The minimum atomic E-state index is -0.00209. The molecule has 0 saturated heterocycles. The minimum absolute atomic E-state index is 0. The lowest BCUT2D eigenvalue weighted by Gasteiger charge is -2.26. The number of nitrogens with zero attached hydrogens (tertiary/aromatic N) is 1. The first-order chi connectivity index (χ1) is 7.49. The van der Waals surface area contributed by atoms with Crippen LogP contribution in [0.4, 0.5) is 0 Å². The number of rotatable bonds is 6. The SMILES string of the molecule is C.C.C.C.C.C.C.C.CN(CNC(C)(C)C)CC(=O)CNC(C)(C)C. The van der Waals surface area contributed by atoms with E-state index in [1.807, 2.05) is 11.9 Å². The summed E-state index contributed by atoms with van der Waals surface area (Å²) in [6.07, 6.45) is 0. The number of hydrogen-bond acceptors (Lipinski definition) is 4. The lowest BCUT2D eigenvalue weighted by atomic mass is 10.1. The van der Waals surface area contributed by atoms with Crippen molar-refractivity contribution in [1.82, 2.24) is 15.5 Å². The summed E-state index contributed by atoms with van der Waals surface area (Å²) in [6, 6.07) is 0. The molecule has 25 heavy (non-hydrogen) atoms. The molecule has 4 heteroatoms. The van der Waals surface area contributed by atoms with Gasteiger partial charge in [0.05, 0.1) is 13.1 Å². The van der Waals surface area contributed by atoms with Crippen molar-refractivity contribution in [3.63, 3.8) is 0 Å². The van der Waals surface area contributed by atoms with Crippen molar-refractivity contribution >= 4 is 5.78 Å². The van der Waals surface area contributed by atoms with E-state index in [4.69, 9.17) is 0 Å². The molecule has 0 rings (SSSR count). The summed E-state index contributed by atoms with van der Waals surface area (Å²) in [7, 11) is 1.95. The van der Waals surface area contributed by atoms with E-state index in [1.54, 1.807) is 0 Å². The van der Waals surface area contributed by atoms with Crippen molar-refractivity contribution in [2.45, 2.75) is 112 Å². The summed E-state index contributed by atoms with van der Waals surface area (Å²) in [5, 5.41) is 6.56. The van der Waals surface area contributed by atoms with Crippen molar-refractivity contribution in [2.24, 2.45) is 0 Å². The van der Waals surface area contributed by atoms with Crippen molar-refractivity contribution in [3.05, 3.63) is 0 Å². The number of likely N-dealkylation sites (N-methyl/N-ethyl adjacent to an activating group) is 1. The molecule has 0 spiro atoms. The monoisotopic (exact) mass is 371 g/mol. The number of nitrogens with one attached hydrogen (secondary N) is 2. The number of ketones is 1. The van der Waals surface area contributed by atoms with Gasteiger partial charge >= 0.3 is 0 Å². The first kappa shape index (κ1) is 56.3. The molecule has 0 bridgehead atoms. The van der Waals surface area contributed by atoms with Crippen molar-refractivity contribution in [2.75, 3.05) is 26.8 Å². The second kappa shape index (κ2) is 23.5. The van der Waals surface area contributed by atoms with Crippen LogP contribution in [0.3, 0.4) is 0 Å². The van der Waals surface area contributed by atoms with Crippen LogP contribution >= 0.6 is 0 Å². The Morgan fingerprint density at radius 2 is 1.04 bits per heavy atom. The van der Waals surface area contributed by atoms with Gasteiger partial charge in [0.25, 0.3) is 0 Å². The van der Waals surface area contributed by atoms with Gasteiger partial charge in [0, 0.05) is 17.7 Å². The maximum atomic E-state index is 11.7. The van der Waals surface area contributed by atoms with Gasteiger partial charge in [0.15, 0.2) is 5.78 Å². The summed E-state index contributed by atoms with van der Waals surface area (Å²) in [4.78, 5) is 13.7. The standard InChI is InChI=1S/C13H29N3O.8CH4/c1-12(2,3)14-8-11(17)9-16(7)10-15-13(4,5)6;;;;;;;;/h14-15H,8-10H2,1-7H3;8*1H4. The van der Waals surface area contributed by atoms with Gasteiger partial charge in [-0.25, -0.2) is 0 Å². The summed E-state index contributed by atoms with van der Waals surface area (Å²) in [5.74, 6) is 0.220. The predicted octanol–water partition coefficient (Wildman–Crippen LogP) is 6.31. The van der Waals surface area contributed by atoms with Crippen molar-refractivity contribution < 1.29 is 4.79 Å². The minimum Gasteiger partial charge on any atom is -0.305 e. The summed E-state index contributed by atoms with van der Waals surface area (Å²) in [6.45, 7) is 14.2. The van der Waals surface area contributed by atoms with Crippen molar-refractivity contribution in [1.29, 1.82) is 0 Å². The second-order valence-electron chi connectivity index (χ2n) is 6.74. The summed E-state index contributed by atoms with van der Waals surface area (Å²) < 4.78 is 0. The molecule has 2 N–H and O–H groups in total. The van der Waals surface area contributed by atoms with Gasteiger partial charge < -0.3 is 5.32 Å². The van der Waals surface area contributed by atoms with E-state index in [2.05, 4.69) is 52.2 Å². The van der Waals surface area contributed by atoms with Crippen LogP contribution in [0.5, 0.6) is 0 Å². The highest BCUT2D eigenvalue weighted by atomic mass is 16.1. The van der Waals surface area contributed by atoms with E-state index >= 15 is 0 Å². The molecular formula is C21H61N3O. The Balaban J connectivity index is -0.0000000457. The zero-order chi connectivity index (χ0) is 13.7. The van der Waals surface area contributed by atoms with Crippen LogP contribution in [-0.4, -0.2) is 48.6 Å². The maximum Gasteiger partial charge on any atom is 0.160 e. The van der Waals surface area contributed by atoms with Crippen LogP contribution < -0.4 is 10.6 Å². The Morgan fingerprint density at radius 1 is 0.720 bits per heavy atom. The van der Waals surface area contributed by atoms with Crippen LogP contribution in [0.2, 0.25) is 0 Å². The van der Waals surface area contributed by atoms with Crippen LogP contribution in [-0.2, 0) is 4.79 Å². The maximum absolute atomic E-state index is 11.7. The topological polar surface area (TPSA) is 44.4 Å². The second-order valence-corrected chi connectivity index (χ2v) is 6.74. The molecule has 0 aliphatic carbocycles. The van der Waals surface area contributed by atoms with Gasteiger partial charge in [-0.05, 0) is 48.6 Å². The van der Waals surface area contributed by atoms with Crippen LogP contribution in [0, 0.1) is 0 Å². The Morgan fingerprint density at radius 3 is 1.32 bits per heavy atom. The molecule has 0 atom stereocenters. The fraction of sp³-hybridized carbons (Fsp3) is 0.952. The van der Waals surface area contributed by atoms with E-state index in [0.29, 0.717) is 13.1 Å². The van der Waals surface area contributed by atoms with Crippen LogP contribution in [0.15, 0.2) is 0 Å². The summed E-state index contributed by atoms with van der Waals surface area (Å²) >= 11 is 0. The molecule has 0 fully saturated rings. The fourth-order valence-electron chi connectivity index (χ4n) is 1.15. The number of carbonyl (C=O) groups is 1. The third-order valence-electron chi connectivity index (χ3n) is 2.14. The molecule has 166 valence electrons. The molecule has 0 amide bonds. The molecule has 0 heterocycles. The Bertz CT molecular complexity index is 241. The predicted molar refractivity (Wildman–Crippen MR) is 127 cm³/mol. The molecule has 4 nitrogen and oxygen atoms in total. The van der Waals surface area contributed by atoms with Gasteiger partial charge in [0.1, 0.15) is 0 Å². The zero-order valence-electron chi connectivity index (χ0n) is 12.5. The molecule has 0 unspecified atom stereocenters. The third-order valence-corrected chi connectivity index (χ3v) is 2.14. The smallest absolute Gasteiger partial charge is 0.160 e. The van der Waals surface area contributed by atoms with E-state index < -0.39 is 0 Å². The average Bonchev–Trinajstić information content (AvgIpc) is 2.09. The fourth-order valence-corrected chi connectivity index (χ4v) is 1.15. The van der Waals surface area contributed by atoms with E-state index in [9.17, 15) is 4.79 Å². The van der Waals surface area contributed by atoms with Gasteiger partial charge in [-0.2, -0.15) is 0 Å². The number of carbonyl (C=O) groups excluding carboxylic acids is 1. The molecule has 0 saturated carbocycles. The molecule has 0 aromatic carbocycles. The lowest BCUT2D eigenvalue weighted by molar-refractivity contribution is -0.119. The molecular weight excluding hydrogens is 310 g/mol. The highest BCUT2D eigenvalue weighted by Gasteiger charge is 2.14. The highest BCUT2D eigenvalue weighted by Crippen LogP contribution is 1.99. The Labute approximate surface area is 165 Å².